The van der Waals surface area contributed by atoms with E-state index >= 15 is 0 Å². The topological polar surface area (TPSA) is 88.5 Å². The van der Waals surface area contributed by atoms with Crippen LogP contribution in [0.5, 0.6) is 0 Å². The molecule has 1 amide bonds. The first kappa shape index (κ1) is 22.2. The molecule has 1 saturated heterocycles. The van der Waals surface area contributed by atoms with Crippen LogP contribution in [0.2, 0.25) is 0 Å². The van der Waals surface area contributed by atoms with E-state index in [1.165, 1.54) is 0 Å². The second-order valence-electron chi connectivity index (χ2n) is 6.83. The summed E-state index contributed by atoms with van der Waals surface area (Å²) in [5.74, 6) is 1.95. The number of carbonyl (C=O) groups excluding carboxylic acids is 1. The average Bonchev–Trinajstić information content (AvgIpc) is 3.16. The lowest BCUT2D eigenvalue weighted by Crippen LogP contribution is -2.49. The van der Waals surface area contributed by atoms with Crippen molar-refractivity contribution in [1.29, 1.82) is 0 Å². The number of aromatic nitrogens is 2. The fraction of sp³-hybridized carbons (Fsp3) is 0.812. The number of rotatable bonds is 4. The van der Waals surface area contributed by atoms with Crippen LogP contribution in [-0.2, 0) is 4.79 Å². The van der Waals surface area contributed by atoms with Crippen molar-refractivity contribution >= 4 is 30.7 Å². The van der Waals surface area contributed by atoms with Gasteiger partial charge in [-0.2, -0.15) is 4.98 Å². The van der Waals surface area contributed by atoms with E-state index in [0.29, 0.717) is 24.1 Å². The Balaban J connectivity index is 0.00000156. The first-order valence-electron chi connectivity index (χ1n) is 8.62. The molecule has 144 valence electrons. The van der Waals surface area contributed by atoms with Gasteiger partial charge in [-0.1, -0.05) is 11.6 Å². The molecule has 1 aliphatic heterocycles. The molecule has 0 bridgehead atoms. The smallest absolute Gasteiger partial charge is 0.243 e. The van der Waals surface area contributed by atoms with E-state index in [1.807, 2.05) is 11.8 Å². The molecule has 2 N–H and O–H groups in total. The van der Waals surface area contributed by atoms with Crippen LogP contribution < -0.4 is 5.73 Å². The highest BCUT2D eigenvalue weighted by molar-refractivity contribution is 5.85. The van der Waals surface area contributed by atoms with Gasteiger partial charge < -0.3 is 15.2 Å². The molecule has 2 fully saturated rings. The van der Waals surface area contributed by atoms with Gasteiger partial charge in [-0.15, -0.1) is 24.8 Å². The zero-order chi connectivity index (χ0) is 16.4. The first-order chi connectivity index (χ1) is 11.0. The van der Waals surface area contributed by atoms with Gasteiger partial charge in [0.15, 0.2) is 5.82 Å². The lowest BCUT2D eigenvalue weighted by atomic mass is 9.99. The fourth-order valence-electron chi connectivity index (χ4n) is 3.67. The monoisotopic (exact) mass is 393 g/mol. The summed E-state index contributed by atoms with van der Waals surface area (Å²) in [4.78, 5) is 21.0. The Kier molecular flexibility index (Phi) is 8.60. The molecule has 2 heterocycles. The van der Waals surface area contributed by atoms with Crippen LogP contribution in [0.3, 0.4) is 0 Å². The van der Waals surface area contributed by atoms with Crippen molar-refractivity contribution in [1.82, 2.24) is 19.9 Å². The van der Waals surface area contributed by atoms with Gasteiger partial charge in [0.05, 0.1) is 6.04 Å². The summed E-state index contributed by atoms with van der Waals surface area (Å²) in [6.45, 7) is 7.10. The lowest BCUT2D eigenvalue weighted by molar-refractivity contribution is -0.134. The minimum absolute atomic E-state index is 0. The number of halogens is 2. The van der Waals surface area contributed by atoms with Gasteiger partial charge in [-0.05, 0) is 32.6 Å². The maximum atomic E-state index is 12.5. The number of nitrogens with two attached hydrogens (primary N) is 1. The number of piperazine rings is 1. The van der Waals surface area contributed by atoms with Crippen molar-refractivity contribution in [2.45, 2.75) is 51.6 Å². The molecule has 1 saturated carbocycles. The van der Waals surface area contributed by atoms with Crippen LogP contribution >= 0.6 is 24.8 Å². The van der Waals surface area contributed by atoms with Crippen LogP contribution in [-0.4, -0.2) is 58.1 Å². The minimum Gasteiger partial charge on any atom is -0.340 e. The third-order valence-electron chi connectivity index (χ3n) is 5.27. The summed E-state index contributed by atoms with van der Waals surface area (Å²) >= 11 is 0. The van der Waals surface area contributed by atoms with Crippen molar-refractivity contribution < 1.29 is 9.32 Å². The molecule has 0 aromatic carbocycles. The maximum absolute atomic E-state index is 12.5. The highest BCUT2D eigenvalue weighted by Gasteiger charge is 2.31. The summed E-state index contributed by atoms with van der Waals surface area (Å²) < 4.78 is 5.26. The number of hydrogen-bond donors (Lipinski definition) is 1. The van der Waals surface area contributed by atoms with Crippen LogP contribution in [0.15, 0.2) is 4.52 Å². The molecule has 2 aliphatic rings. The normalized spacial score (nSPS) is 25.2. The Bertz CT molecular complexity index is 548. The molecule has 0 spiro atoms. The highest BCUT2D eigenvalue weighted by atomic mass is 35.5. The summed E-state index contributed by atoms with van der Waals surface area (Å²) in [7, 11) is 0. The zero-order valence-corrected chi connectivity index (χ0v) is 16.5. The molecule has 3 atom stereocenters. The Morgan fingerprint density at radius 2 is 1.96 bits per heavy atom. The molecule has 1 aromatic rings. The molecule has 9 heteroatoms. The largest absolute Gasteiger partial charge is 0.340 e. The van der Waals surface area contributed by atoms with Gasteiger partial charge in [0.25, 0.3) is 0 Å². The molecular weight excluding hydrogens is 365 g/mol. The van der Waals surface area contributed by atoms with Crippen molar-refractivity contribution in [2.75, 3.05) is 26.2 Å². The number of carbonyl (C=O) groups is 1. The lowest BCUT2D eigenvalue weighted by Gasteiger charge is -2.37. The standard InChI is InChI=1S/C16H27N5O2.2ClH/c1-11(16-18-12(2)19-23-16)20-6-8-21(9-7-20)15(22)10-13-4-3-5-14(13)17;;/h11,13-14H,3-10,17H2,1-2H3;2*1H/t11?,13-,14+;;/m0../s1. The van der Waals surface area contributed by atoms with Gasteiger partial charge in [-0.25, -0.2) is 0 Å². The van der Waals surface area contributed by atoms with E-state index in [0.717, 1.165) is 45.4 Å². The zero-order valence-electron chi connectivity index (χ0n) is 14.9. The quantitative estimate of drug-likeness (QED) is 0.840. The van der Waals surface area contributed by atoms with E-state index in [9.17, 15) is 4.79 Å². The number of aryl methyl sites for hydroxylation is 1. The fourth-order valence-corrected chi connectivity index (χ4v) is 3.67. The van der Waals surface area contributed by atoms with Crippen molar-refractivity contribution in [3.63, 3.8) is 0 Å². The summed E-state index contributed by atoms with van der Waals surface area (Å²) in [5, 5.41) is 3.85. The average molecular weight is 394 g/mol. The Morgan fingerprint density at radius 1 is 1.28 bits per heavy atom. The SMILES string of the molecule is Cc1noc(C(C)N2CCN(C(=O)C[C@@H]3CCC[C@H]3N)CC2)n1.Cl.Cl. The Morgan fingerprint density at radius 3 is 2.48 bits per heavy atom. The van der Waals surface area contributed by atoms with Gasteiger partial charge in [-0.3, -0.25) is 9.69 Å². The summed E-state index contributed by atoms with van der Waals surface area (Å²) in [6.07, 6.45) is 3.93. The predicted octanol–water partition coefficient (Wildman–Crippen LogP) is 1.94. The first-order valence-corrected chi connectivity index (χ1v) is 8.62. The predicted molar refractivity (Wildman–Crippen MR) is 100 cm³/mol. The van der Waals surface area contributed by atoms with E-state index in [1.54, 1.807) is 0 Å². The molecule has 3 rings (SSSR count). The maximum Gasteiger partial charge on any atom is 0.243 e. The van der Waals surface area contributed by atoms with Gasteiger partial charge in [0.1, 0.15) is 0 Å². The van der Waals surface area contributed by atoms with Crippen molar-refractivity contribution in [3.05, 3.63) is 11.7 Å². The van der Waals surface area contributed by atoms with Crippen LogP contribution in [0.1, 0.15) is 50.4 Å². The number of nitrogens with zero attached hydrogens (tertiary/aromatic N) is 4. The Labute approximate surface area is 161 Å². The van der Waals surface area contributed by atoms with Gasteiger partial charge >= 0.3 is 0 Å². The third-order valence-corrected chi connectivity index (χ3v) is 5.27. The molecule has 0 radical (unpaired) electrons. The number of hydrogen-bond acceptors (Lipinski definition) is 6. The van der Waals surface area contributed by atoms with E-state index in [-0.39, 0.29) is 42.8 Å². The molecule has 7 nitrogen and oxygen atoms in total. The third kappa shape index (κ3) is 5.29. The molecule has 1 unspecified atom stereocenters. The molecular formula is C16H29Cl2N5O2. The van der Waals surface area contributed by atoms with Crippen molar-refractivity contribution in [3.8, 4) is 0 Å². The highest BCUT2D eigenvalue weighted by Crippen LogP contribution is 2.28. The van der Waals surface area contributed by atoms with Crippen LogP contribution in [0.25, 0.3) is 0 Å². The van der Waals surface area contributed by atoms with E-state index in [4.69, 9.17) is 10.3 Å². The second kappa shape index (κ2) is 9.71. The van der Waals surface area contributed by atoms with Crippen molar-refractivity contribution in [2.24, 2.45) is 11.7 Å². The van der Waals surface area contributed by atoms with E-state index < -0.39 is 0 Å². The minimum atomic E-state index is 0. The van der Waals surface area contributed by atoms with Crippen LogP contribution in [0.4, 0.5) is 0 Å². The van der Waals surface area contributed by atoms with Gasteiger partial charge in [0.2, 0.25) is 11.8 Å². The Hall–Kier alpha value is -0.890. The molecule has 25 heavy (non-hydrogen) atoms. The second-order valence-corrected chi connectivity index (χ2v) is 6.83. The summed E-state index contributed by atoms with van der Waals surface area (Å²) in [5.41, 5.74) is 6.08. The van der Waals surface area contributed by atoms with E-state index in [2.05, 4.69) is 22.0 Å². The van der Waals surface area contributed by atoms with Crippen LogP contribution in [0, 0.1) is 12.8 Å². The van der Waals surface area contributed by atoms with Gasteiger partial charge in [0, 0.05) is 38.6 Å². The molecule has 1 aromatic heterocycles. The molecule has 1 aliphatic carbocycles. The summed E-state index contributed by atoms with van der Waals surface area (Å²) in [6, 6.07) is 0.303. The number of amides is 1.